The minimum absolute atomic E-state index is 0.172. The Hall–Kier alpha value is -2.65. The number of benzene rings is 2. The predicted octanol–water partition coefficient (Wildman–Crippen LogP) is 4.92. The molecular formula is C21H22F3N3O2S. The second-order valence-corrected chi connectivity index (χ2v) is 7.88. The molecule has 1 aromatic heterocycles. The van der Waals surface area contributed by atoms with Crippen molar-refractivity contribution in [3.05, 3.63) is 53.6 Å². The highest BCUT2D eigenvalue weighted by Gasteiger charge is 2.31. The van der Waals surface area contributed by atoms with Crippen LogP contribution in [0.25, 0.3) is 10.2 Å². The van der Waals surface area contributed by atoms with E-state index in [1.165, 1.54) is 28.4 Å². The number of likely N-dealkylation sites (N-methyl/N-ethyl adjacent to an activating group) is 1. The fraction of sp³-hybridized carbons (Fsp3) is 0.333. The highest BCUT2D eigenvalue weighted by Crippen LogP contribution is 2.35. The van der Waals surface area contributed by atoms with Gasteiger partial charge < -0.3 is 9.64 Å². The molecule has 30 heavy (non-hydrogen) atoms. The van der Waals surface area contributed by atoms with E-state index in [9.17, 15) is 18.0 Å². The van der Waals surface area contributed by atoms with E-state index < -0.39 is 17.6 Å². The first-order valence-electron chi connectivity index (χ1n) is 9.37. The normalized spacial score (nSPS) is 11.8. The molecule has 1 heterocycles. The fourth-order valence-electron chi connectivity index (χ4n) is 2.84. The van der Waals surface area contributed by atoms with E-state index in [2.05, 4.69) is 4.98 Å². The third-order valence-corrected chi connectivity index (χ3v) is 5.42. The number of hydrogen-bond donors (Lipinski definition) is 0. The first kappa shape index (κ1) is 22.0. The second kappa shape index (κ2) is 9.01. The summed E-state index contributed by atoms with van der Waals surface area (Å²) in [5.74, 6) is 0.231. The number of carbonyl (C=O) groups excluding carboxylic acids is 1. The molecule has 160 valence electrons. The number of amides is 1. The Morgan fingerprint density at radius 3 is 2.40 bits per heavy atom. The molecule has 0 aliphatic rings. The van der Waals surface area contributed by atoms with Gasteiger partial charge in [-0.25, -0.2) is 4.98 Å². The molecule has 1 amide bonds. The molecule has 5 nitrogen and oxygen atoms in total. The number of nitrogens with zero attached hydrogens (tertiary/aromatic N) is 3. The Morgan fingerprint density at radius 1 is 1.10 bits per heavy atom. The molecule has 0 bridgehead atoms. The zero-order valence-corrected chi connectivity index (χ0v) is 17.7. The Morgan fingerprint density at radius 2 is 1.80 bits per heavy atom. The average molecular weight is 437 g/mol. The van der Waals surface area contributed by atoms with Crippen LogP contribution in [0.2, 0.25) is 0 Å². The minimum atomic E-state index is -4.45. The molecule has 0 saturated carbocycles. The van der Waals surface area contributed by atoms with Crippen molar-refractivity contribution in [3.63, 3.8) is 0 Å². The van der Waals surface area contributed by atoms with Crippen LogP contribution < -0.4 is 9.64 Å². The lowest BCUT2D eigenvalue weighted by molar-refractivity contribution is -0.137. The van der Waals surface area contributed by atoms with Crippen molar-refractivity contribution in [1.82, 2.24) is 9.88 Å². The van der Waals surface area contributed by atoms with Gasteiger partial charge in [0.25, 0.3) is 5.91 Å². The lowest BCUT2D eigenvalue weighted by Gasteiger charge is -2.22. The van der Waals surface area contributed by atoms with Gasteiger partial charge in [-0.15, -0.1) is 0 Å². The van der Waals surface area contributed by atoms with Crippen molar-refractivity contribution in [2.75, 3.05) is 38.7 Å². The van der Waals surface area contributed by atoms with E-state index in [1.807, 2.05) is 44.1 Å². The van der Waals surface area contributed by atoms with E-state index in [1.54, 1.807) is 0 Å². The highest BCUT2D eigenvalue weighted by molar-refractivity contribution is 7.22. The summed E-state index contributed by atoms with van der Waals surface area (Å²) < 4.78 is 45.0. The van der Waals surface area contributed by atoms with E-state index >= 15 is 0 Å². The van der Waals surface area contributed by atoms with Gasteiger partial charge in [0.15, 0.2) is 5.13 Å². The molecule has 0 radical (unpaired) electrons. The first-order valence-corrected chi connectivity index (χ1v) is 10.2. The van der Waals surface area contributed by atoms with Gasteiger partial charge in [0.2, 0.25) is 0 Å². The Balaban J connectivity index is 1.97. The number of para-hydroxylation sites is 1. The lowest BCUT2D eigenvalue weighted by atomic mass is 10.1. The average Bonchev–Trinajstić information content (AvgIpc) is 3.12. The smallest absolute Gasteiger partial charge is 0.416 e. The first-order chi connectivity index (χ1) is 14.2. The standard InChI is InChI=1S/C21H22F3N3O2S/c1-4-29-16-6-5-7-17-18(16)25-20(30-17)27(13-12-26(2)3)19(28)14-8-10-15(11-9-14)21(22,23)24/h5-11H,4,12-13H2,1-3H3. The van der Waals surface area contributed by atoms with Gasteiger partial charge in [-0.2, -0.15) is 13.2 Å². The summed E-state index contributed by atoms with van der Waals surface area (Å²) in [6.07, 6.45) is -4.45. The van der Waals surface area contributed by atoms with Gasteiger partial charge in [-0.1, -0.05) is 17.4 Å². The number of ether oxygens (including phenoxy) is 1. The van der Waals surface area contributed by atoms with E-state index in [0.717, 1.165) is 16.8 Å². The molecule has 0 N–H and O–H groups in total. The van der Waals surface area contributed by atoms with Crippen LogP contribution in [-0.2, 0) is 6.18 Å². The van der Waals surface area contributed by atoms with Crippen molar-refractivity contribution < 1.29 is 22.7 Å². The molecule has 3 rings (SSSR count). The van der Waals surface area contributed by atoms with Gasteiger partial charge >= 0.3 is 6.18 Å². The van der Waals surface area contributed by atoms with Gasteiger partial charge in [0.05, 0.1) is 16.9 Å². The maximum Gasteiger partial charge on any atom is 0.416 e. The molecule has 0 fully saturated rings. The van der Waals surface area contributed by atoms with Crippen LogP contribution in [0.1, 0.15) is 22.8 Å². The molecule has 0 saturated heterocycles. The predicted molar refractivity (Wildman–Crippen MR) is 112 cm³/mol. The number of rotatable bonds is 7. The minimum Gasteiger partial charge on any atom is -0.492 e. The highest BCUT2D eigenvalue weighted by atomic mass is 32.1. The summed E-state index contributed by atoms with van der Waals surface area (Å²) in [5.41, 5.74) is 0.0423. The molecule has 3 aromatic rings. The third kappa shape index (κ3) is 4.91. The van der Waals surface area contributed by atoms with Crippen molar-refractivity contribution in [2.24, 2.45) is 0 Å². The van der Waals surface area contributed by atoms with Crippen LogP contribution in [-0.4, -0.2) is 49.6 Å². The van der Waals surface area contributed by atoms with Crippen LogP contribution in [0.15, 0.2) is 42.5 Å². The van der Waals surface area contributed by atoms with E-state index in [0.29, 0.717) is 36.1 Å². The molecule has 0 atom stereocenters. The van der Waals surface area contributed by atoms with Crippen LogP contribution in [0, 0.1) is 0 Å². The summed E-state index contributed by atoms with van der Waals surface area (Å²) >= 11 is 1.34. The van der Waals surface area contributed by atoms with Crippen molar-refractivity contribution >= 4 is 32.6 Å². The molecule has 2 aromatic carbocycles. The number of thiazole rings is 1. The van der Waals surface area contributed by atoms with Crippen LogP contribution in [0.3, 0.4) is 0 Å². The number of carbonyl (C=O) groups is 1. The number of fused-ring (bicyclic) bond motifs is 1. The van der Waals surface area contributed by atoms with E-state index in [-0.39, 0.29) is 5.56 Å². The van der Waals surface area contributed by atoms with Crippen molar-refractivity contribution in [1.29, 1.82) is 0 Å². The zero-order chi connectivity index (χ0) is 21.9. The molecule has 0 aliphatic carbocycles. The number of aromatic nitrogens is 1. The van der Waals surface area contributed by atoms with Crippen LogP contribution in [0.5, 0.6) is 5.75 Å². The van der Waals surface area contributed by atoms with Gasteiger partial charge in [0.1, 0.15) is 11.3 Å². The third-order valence-electron chi connectivity index (χ3n) is 4.38. The van der Waals surface area contributed by atoms with Gasteiger partial charge in [0, 0.05) is 18.7 Å². The number of halogens is 3. The number of anilines is 1. The summed E-state index contributed by atoms with van der Waals surface area (Å²) in [4.78, 5) is 21.2. The lowest BCUT2D eigenvalue weighted by Crippen LogP contribution is -2.36. The van der Waals surface area contributed by atoms with Gasteiger partial charge in [-0.05, 0) is 57.4 Å². The van der Waals surface area contributed by atoms with Crippen molar-refractivity contribution in [3.8, 4) is 5.75 Å². The van der Waals surface area contributed by atoms with Crippen LogP contribution >= 0.6 is 11.3 Å². The topological polar surface area (TPSA) is 45.7 Å². The second-order valence-electron chi connectivity index (χ2n) is 6.87. The Kier molecular flexibility index (Phi) is 6.62. The molecule has 0 unspecified atom stereocenters. The van der Waals surface area contributed by atoms with Gasteiger partial charge in [-0.3, -0.25) is 9.69 Å². The number of alkyl halides is 3. The summed E-state index contributed by atoms with van der Waals surface area (Å²) in [7, 11) is 3.76. The zero-order valence-electron chi connectivity index (χ0n) is 16.9. The van der Waals surface area contributed by atoms with Crippen LogP contribution in [0.4, 0.5) is 18.3 Å². The Bertz CT molecular complexity index is 1020. The summed E-state index contributed by atoms with van der Waals surface area (Å²) in [5, 5.41) is 0.476. The number of hydrogen-bond acceptors (Lipinski definition) is 5. The molecule has 0 spiro atoms. The quantitative estimate of drug-likeness (QED) is 0.526. The monoisotopic (exact) mass is 437 g/mol. The SMILES string of the molecule is CCOc1cccc2sc(N(CCN(C)C)C(=O)c3ccc(C(F)(F)F)cc3)nc12. The summed E-state index contributed by atoms with van der Waals surface area (Å²) in [6.45, 7) is 3.28. The largest absolute Gasteiger partial charge is 0.492 e. The van der Waals surface area contributed by atoms with E-state index in [4.69, 9.17) is 4.74 Å². The maximum absolute atomic E-state index is 13.2. The Labute approximate surface area is 176 Å². The summed E-state index contributed by atoms with van der Waals surface area (Å²) in [6, 6.07) is 9.81. The molecule has 9 heteroatoms. The molecular weight excluding hydrogens is 415 g/mol. The van der Waals surface area contributed by atoms with Crippen molar-refractivity contribution in [2.45, 2.75) is 13.1 Å². The fourth-order valence-corrected chi connectivity index (χ4v) is 3.85. The molecule has 0 aliphatic heterocycles. The maximum atomic E-state index is 13.2.